The monoisotopic (exact) mass is 447 g/mol. The van der Waals surface area contributed by atoms with Crippen LogP contribution in [0, 0.1) is 5.82 Å². The van der Waals surface area contributed by atoms with Gasteiger partial charge in [0.2, 0.25) is 0 Å². The van der Waals surface area contributed by atoms with Crippen molar-refractivity contribution in [1.82, 2.24) is 15.1 Å². The van der Waals surface area contributed by atoms with E-state index < -0.39 is 28.8 Å². The smallest absolute Gasteiger partial charge is 0.325 e. The van der Waals surface area contributed by atoms with E-state index in [0.29, 0.717) is 37.5 Å². The number of halogens is 1. The van der Waals surface area contributed by atoms with E-state index in [1.807, 2.05) is 13.8 Å². The van der Waals surface area contributed by atoms with Crippen molar-refractivity contribution in [3.05, 3.63) is 29.6 Å². The third kappa shape index (κ3) is 3.66. The largest absolute Gasteiger partial charge is 0.487 e. The lowest BCUT2D eigenvalue weighted by Gasteiger charge is -2.42. The van der Waals surface area contributed by atoms with Gasteiger partial charge in [0.1, 0.15) is 17.2 Å². The number of hydrogen-bond donors (Lipinski definition) is 1. The maximum Gasteiger partial charge on any atom is 0.325 e. The van der Waals surface area contributed by atoms with Gasteiger partial charge in [-0.15, -0.1) is 0 Å². The SMILES string of the molecule is CC1(C)CC2(NC(=O)N(CCCN3CCC4(CC3)OCCO4)C2=O)c2cc(F)ccc2O1. The Morgan fingerprint density at radius 2 is 1.81 bits per heavy atom. The van der Waals surface area contributed by atoms with Crippen molar-refractivity contribution in [2.75, 3.05) is 39.4 Å². The Kier molecular flexibility index (Phi) is 5.18. The standard InChI is InChI=1S/C23H30FN3O5/c1-21(2)15-23(17-14-16(24)4-5-18(17)32-21)19(28)27(20(29)25-23)9-3-8-26-10-6-22(7-11-26)30-12-13-31-22/h4-5,14H,3,6-13,15H2,1-2H3,(H,25,29). The van der Waals surface area contributed by atoms with Crippen LogP contribution in [0.3, 0.4) is 0 Å². The molecular weight excluding hydrogens is 417 g/mol. The van der Waals surface area contributed by atoms with E-state index in [0.717, 1.165) is 32.5 Å². The van der Waals surface area contributed by atoms with Crippen LogP contribution < -0.4 is 10.1 Å². The van der Waals surface area contributed by atoms with Crippen LogP contribution in [0.25, 0.3) is 0 Å². The number of carbonyl (C=O) groups is 2. The molecule has 1 unspecified atom stereocenters. The van der Waals surface area contributed by atoms with Crippen LogP contribution in [0.1, 0.15) is 45.1 Å². The Morgan fingerprint density at radius 3 is 2.53 bits per heavy atom. The Balaban J connectivity index is 1.25. The van der Waals surface area contributed by atoms with Gasteiger partial charge in [0.15, 0.2) is 11.3 Å². The lowest BCUT2D eigenvalue weighted by Crippen LogP contribution is -2.53. The number of piperidine rings is 1. The highest BCUT2D eigenvalue weighted by molar-refractivity contribution is 6.08. The van der Waals surface area contributed by atoms with Gasteiger partial charge >= 0.3 is 6.03 Å². The fraction of sp³-hybridized carbons (Fsp3) is 0.652. The maximum absolute atomic E-state index is 14.0. The van der Waals surface area contributed by atoms with Crippen LogP contribution in [0.2, 0.25) is 0 Å². The number of imide groups is 1. The molecule has 5 rings (SSSR count). The number of ether oxygens (including phenoxy) is 3. The normalized spacial score (nSPS) is 28.8. The molecule has 1 N–H and O–H groups in total. The molecule has 9 heteroatoms. The number of nitrogens with one attached hydrogen (secondary N) is 1. The molecule has 3 fully saturated rings. The third-order valence-electron chi connectivity index (χ3n) is 6.94. The Hall–Kier alpha value is -2.23. The highest BCUT2D eigenvalue weighted by atomic mass is 19.1. The summed E-state index contributed by atoms with van der Waals surface area (Å²) in [5.74, 6) is -0.788. The fourth-order valence-corrected chi connectivity index (χ4v) is 5.48. The minimum absolute atomic E-state index is 0.242. The van der Waals surface area contributed by atoms with Crippen molar-refractivity contribution in [2.45, 2.75) is 56.5 Å². The first-order valence-electron chi connectivity index (χ1n) is 11.4. The van der Waals surface area contributed by atoms with Gasteiger partial charge in [-0.1, -0.05) is 0 Å². The van der Waals surface area contributed by atoms with Gasteiger partial charge < -0.3 is 24.4 Å². The topological polar surface area (TPSA) is 80.3 Å². The summed E-state index contributed by atoms with van der Waals surface area (Å²) >= 11 is 0. The summed E-state index contributed by atoms with van der Waals surface area (Å²) in [7, 11) is 0. The van der Waals surface area contributed by atoms with E-state index in [4.69, 9.17) is 14.2 Å². The summed E-state index contributed by atoms with van der Waals surface area (Å²) in [6.45, 7) is 7.86. The van der Waals surface area contributed by atoms with Crippen LogP contribution in [-0.2, 0) is 19.8 Å². The number of nitrogens with zero attached hydrogens (tertiary/aromatic N) is 2. The number of urea groups is 1. The molecule has 4 aliphatic heterocycles. The van der Waals surface area contributed by atoms with Crippen molar-refractivity contribution in [1.29, 1.82) is 0 Å². The summed E-state index contributed by atoms with van der Waals surface area (Å²) in [5.41, 5.74) is -1.60. The van der Waals surface area contributed by atoms with Gasteiger partial charge in [0, 0.05) is 44.5 Å². The molecular formula is C23H30FN3O5. The Labute approximate surface area is 187 Å². The van der Waals surface area contributed by atoms with Gasteiger partial charge in [-0.25, -0.2) is 9.18 Å². The predicted molar refractivity (Wildman–Crippen MR) is 113 cm³/mol. The first-order valence-corrected chi connectivity index (χ1v) is 11.4. The first-order chi connectivity index (χ1) is 15.2. The zero-order valence-electron chi connectivity index (χ0n) is 18.6. The van der Waals surface area contributed by atoms with Crippen molar-refractivity contribution >= 4 is 11.9 Å². The molecule has 1 aromatic rings. The molecule has 1 atom stereocenters. The number of carbonyl (C=O) groups excluding carboxylic acids is 2. The van der Waals surface area contributed by atoms with E-state index in [9.17, 15) is 14.0 Å². The summed E-state index contributed by atoms with van der Waals surface area (Å²) in [6, 6.07) is 3.68. The highest BCUT2D eigenvalue weighted by Gasteiger charge is 2.58. The van der Waals surface area contributed by atoms with Crippen LogP contribution in [0.15, 0.2) is 18.2 Å². The van der Waals surface area contributed by atoms with Crippen molar-refractivity contribution < 1.29 is 28.2 Å². The van der Waals surface area contributed by atoms with Gasteiger partial charge in [0.25, 0.3) is 5.91 Å². The summed E-state index contributed by atoms with van der Waals surface area (Å²) in [5, 5.41) is 2.87. The van der Waals surface area contributed by atoms with Gasteiger partial charge in [0.05, 0.1) is 13.2 Å². The zero-order valence-corrected chi connectivity index (χ0v) is 18.6. The van der Waals surface area contributed by atoms with Crippen LogP contribution in [-0.4, -0.2) is 72.5 Å². The molecule has 0 aliphatic carbocycles. The lowest BCUT2D eigenvalue weighted by atomic mass is 9.77. The molecule has 8 nitrogen and oxygen atoms in total. The van der Waals surface area contributed by atoms with Crippen molar-refractivity contribution in [3.8, 4) is 5.75 Å². The summed E-state index contributed by atoms with van der Waals surface area (Å²) in [4.78, 5) is 29.9. The molecule has 0 saturated carbocycles. The summed E-state index contributed by atoms with van der Waals surface area (Å²) < 4.78 is 31.6. The third-order valence-corrected chi connectivity index (χ3v) is 6.94. The molecule has 4 aliphatic rings. The molecule has 3 saturated heterocycles. The number of fused-ring (bicyclic) bond motifs is 2. The number of benzene rings is 1. The van der Waals surface area contributed by atoms with Crippen LogP contribution in [0.4, 0.5) is 9.18 Å². The minimum Gasteiger partial charge on any atom is -0.487 e. The van der Waals surface area contributed by atoms with Crippen LogP contribution in [0.5, 0.6) is 5.75 Å². The molecule has 3 amide bonds. The average Bonchev–Trinajstić information content (AvgIpc) is 3.28. The van der Waals surface area contributed by atoms with Crippen molar-refractivity contribution in [2.24, 2.45) is 0 Å². The van der Waals surface area contributed by atoms with Crippen molar-refractivity contribution in [3.63, 3.8) is 0 Å². The second-order valence-corrected chi connectivity index (χ2v) is 9.77. The molecule has 174 valence electrons. The molecule has 0 aromatic heterocycles. The molecule has 32 heavy (non-hydrogen) atoms. The minimum atomic E-state index is -1.30. The van der Waals surface area contributed by atoms with Gasteiger partial charge in [-0.3, -0.25) is 9.69 Å². The molecule has 0 radical (unpaired) electrons. The molecule has 2 spiro atoms. The fourth-order valence-electron chi connectivity index (χ4n) is 5.48. The number of rotatable bonds is 4. The average molecular weight is 448 g/mol. The van der Waals surface area contributed by atoms with E-state index in [2.05, 4.69) is 10.2 Å². The predicted octanol–water partition coefficient (Wildman–Crippen LogP) is 2.36. The zero-order chi connectivity index (χ0) is 22.6. The Morgan fingerprint density at radius 1 is 1.09 bits per heavy atom. The second-order valence-electron chi connectivity index (χ2n) is 9.77. The van der Waals surface area contributed by atoms with E-state index in [1.54, 1.807) is 0 Å². The second kappa shape index (κ2) is 7.67. The number of likely N-dealkylation sites (tertiary alicyclic amines) is 1. The maximum atomic E-state index is 14.0. The molecule has 0 bridgehead atoms. The molecule has 4 heterocycles. The van der Waals surface area contributed by atoms with Gasteiger partial charge in [-0.2, -0.15) is 0 Å². The lowest BCUT2D eigenvalue weighted by molar-refractivity contribution is -0.185. The quantitative estimate of drug-likeness (QED) is 0.714. The molecule has 1 aromatic carbocycles. The Bertz CT molecular complexity index is 922. The highest BCUT2D eigenvalue weighted by Crippen LogP contribution is 2.46. The van der Waals surface area contributed by atoms with Crippen LogP contribution >= 0.6 is 0 Å². The first kappa shape index (κ1) is 21.6. The van der Waals surface area contributed by atoms with E-state index in [1.165, 1.54) is 23.1 Å². The van der Waals surface area contributed by atoms with Gasteiger partial charge in [-0.05, 0) is 45.0 Å². The number of amides is 3. The number of hydrogen-bond acceptors (Lipinski definition) is 6. The van der Waals surface area contributed by atoms with E-state index >= 15 is 0 Å². The van der Waals surface area contributed by atoms with E-state index in [-0.39, 0.29) is 12.3 Å². The summed E-state index contributed by atoms with van der Waals surface area (Å²) in [6.07, 6.45) is 2.57.